The van der Waals surface area contributed by atoms with Gasteiger partial charge in [0.25, 0.3) is 0 Å². The molecule has 2 aliphatic carbocycles. The average molecular weight is 276 g/mol. The molecular weight excluding hydrogens is 248 g/mol. The highest BCUT2D eigenvalue weighted by atomic mass is 16.4. The van der Waals surface area contributed by atoms with E-state index in [1.807, 2.05) is 0 Å². The minimum absolute atomic E-state index is 0.382. The third-order valence-corrected chi connectivity index (χ3v) is 5.62. The van der Waals surface area contributed by atoms with E-state index in [1.165, 1.54) is 45.2 Å². The van der Waals surface area contributed by atoms with Crippen LogP contribution in [0.3, 0.4) is 0 Å². The van der Waals surface area contributed by atoms with Gasteiger partial charge in [-0.3, -0.25) is 4.90 Å². The molecule has 1 heterocycles. The van der Waals surface area contributed by atoms with Crippen LogP contribution in [0.2, 0.25) is 0 Å². The van der Waals surface area contributed by atoms with Crippen LogP contribution >= 0.6 is 0 Å². The van der Waals surface area contributed by atoms with Gasteiger partial charge in [-0.05, 0) is 56.9 Å². The van der Waals surface area contributed by atoms with Crippen LogP contribution in [0.15, 0.2) is 17.3 Å². The van der Waals surface area contributed by atoms with Gasteiger partial charge in [0.2, 0.25) is 0 Å². The molecule has 0 aromatic carbocycles. The van der Waals surface area contributed by atoms with Crippen LogP contribution in [0, 0.1) is 11.8 Å². The van der Waals surface area contributed by atoms with E-state index in [9.17, 15) is 5.21 Å². The van der Waals surface area contributed by atoms with E-state index in [4.69, 9.17) is 0 Å². The van der Waals surface area contributed by atoms with Crippen molar-refractivity contribution >= 4 is 5.71 Å². The van der Waals surface area contributed by atoms with Crippen LogP contribution in [0.4, 0.5) is 0 Å². The molecule has 3 aliphatic rings. The van der Waals surface area contributed by atoms with Crippen molar-refractivity contribution in [3.8, 4) is 0 Å². The summed E-state index contributed by atoms with van der Waals surface area (Å²) in [6, 6.07) is 0.382. The second kappa shape index (κ2) is 6.75. The van der Waals surface area contributed by atoms with Gasteiger partial charge in [-0.15, -0.1) is 0 Å². The molecule has 0 aromatic rings. The highest BCUT2D eigenvalue weighted by Crippen LogP contribution is 2.37. The standard InChI is InChI=1S/C17H28N2O/c20-18-16-9-3-1-2-4-10-17(16)19-12-11-14-7-5-6-8-15(14)13-19/h1-2,14-15,17,20H,3-13H2/b2-1-,18-16+. The summed E-state index contributed by atoms with van der Waals surface area (Å²) >= 11 is 0. The Labute approximate surface area is 122 Å². The Morgan fingerprint density at radius 1 is 1.00 bits per heavy atom. The second-order valence-corrected chi connectivity index (χ2v) is 6.78. The summed E-state index contributed by atoms with van der Waals surface area (Å²) in [5.74, 6) is 1.88. The molecule has 0 radical (unpaired) electrons. The lowest BCUT2D eigenvalue weighted by atomic mass is 9.74. The van der Waals surface area contributed by atoms with Crippen LogP contribution in [-0.2, 0) is 0 Å². The van der Waals surface area contributed by atoms with E-state index in [0.29, 0.717) is 6.04 Å². The van der Waals surface area contributed by atoms with Gasteiger partial charge in [0.05, 0.1) is 11.8 Å². The molecule has 1 saturated carbocycles. The van der Waals surface area contributed by atoms with Crippen molar-refractivity contribution in [3.63, 3.8) is 0 Å². The molecular formula is C17H28N2O. The summed E-state index contributed by atoms with van der Waals surface area (Å²) < 4.78 is 0. The van der Waals surface area contributed by atoms with Gasteiger partial charge in [0, 0.05) is 6.54 Å². The van der Waals surface area contributed by atoms with Crippen molar-refractivity contribution in [3.05, 3.63) is 12.2 Å². The van der Waals surface area contributed by atoms with Gasteiger partial charge in [0.15, 0.2) is 0 Å². The van der Waals surface area contributed by atoms with Crippen molar-refractivity contribution in [2.45, 2.75) is 63.8 Å². The first kappa shape index (κ1) is 14.1. The summed E-state index contributed by atoms with van der Waals surface area (Å²) in [6.45, 7) is 2.44. The lowest BCUT2D eigenvalue weighted by Crippen LogP contribution is -2.49. The largest absolute Gasteiger partial charge is 0.411 e. The monoisotopic (exact) mass is 276 g/mol. The van der Waals surface area contributed by atoms with Crippen LogP contribution in [0.25, 0.3) is 0 Å². The normalized spacial score (nSPS) is 39.8. The molecule has 3 unspecified atom stereocenters. The molecule has 3 rings (SSSR count). The molecule has 3 nitrogen and oxygen atoms in total. The van der Waals surface area contributed by atoms with Crippen LogP contribution < -0.4 is 0 Å². The van der Waals surface area contributed by atoms with Gasteiger partial charge in [-0.2, -0.15) is 0 Å². The smallest absolute Gasteiger partial charge is 0.0745 e. The van der Waals surface area contributed by atoms with Crippen molar-refractivity contribution < 1.29 is 5.21 Å². The first-order valence-electron chi connectivity index (χ1n) is 8.48. The Morgan fingerprint density at radius 2 is 1.80 bits per heavy atom. The minimum Gasteiger partial charge on any atom is -0.411 e. The van der Waals surface area contributed by atoms with Crippen molar-refractivity contribution in [1.29, 1.82) is 0 Å². The van der Waals surface area contributed by atoms with E-state index >= 15 is 0 Å². The number of oxime groups is 1. The van der Waals surface area contributed by atoms with Crippen LogP contribution in [-0.4, -0.2) is 35.0 Å². The molecule has 2 fully saturated rings. The van der Waals surface area contributed by atoms with Gasteiger partial charge < -0.3 is 5.21 Å². The number of rotatable bonds is 1. The molecule has 3 atom stereocenters. The Morgan fingerprint density at radius 3 is 2.65 bits per heavy atom. The molecule has 0 bridgehead atoms. The topological polar surface area (TPSA) is 35.8 Å². The van der Waals surface area contributed by atoms with E-state index in [-0.39, 0.29) is 0 Å². The fraction of sp³-hybridized carbons (Fsp3) is 0.824. The molecule has 0 aromatic heterocycles. The number of allylic oxidation sites excluding steroid dienone is 2. The van der Waals surface area contributed by atoms with Crippen LogP contribution in [0.1, 0.15) is 57.8 Å². The minimum atomic E-state index is 0.382. The maximum absolute atomic E-state index is 9.38. The first-order valence-corrected chi connectivity index (χ1v) is 8.48. The van der Waals surface area contributed by atoms with Gasteiger partial charge in [-0.25, -0.2) is 0 Å². The summed E-state index contributed by atoms with van der Waals surface area (Å²) in [6.07, 6.45) is 15.8. The Hall–Kier alpha value is -0.830. The van der Waals surface area contributed by atoms with E-state index in [1.54, 1.807) is 0 Å². The summed E-state index contributed by atoms with van der Waals surface area (Å²) in [7, 11) is 0. The number of piperidine rings is 1. The maximum atomic E-state index is 9.38. The molecule has 3 heteroatoms. The number of nitrogens with zero attached hydrogens (tertiary/aromatic N) is 2. The van der Waals surface area contributed by atoms with Crippen LogP contribution in [0.5, 0.6) is 0 Å². The van der Waals surface area contributed by atoms with Crippen molar-refractivity contribution in [2.24, 2.45) is 17.0 Å². The zero-order chi connectivity index (χ0) is 13.8. The zero-order valence-electron chi connectivity index (χ0n) is 12.5. The molecule has 112 valence electrons. The highest BCUT2D eigenvalue weighted by Gasteiger charge is 2.35. The van der Waals surface area contributed by atoms with Crippen molar-refractivity contribution in [2.75, 3.05) is 13.1 Å². The van der Waals surface area contributed by atoms with E-state index in [2.05, 4.69) is 22.2 Å². The van der Waals surface area contributed by atoms with Gasteiger partial charge >= 0.3 is 0 Å². The lowest BCUT2D eigenvalue weighted by Gasteiger charge is -2.44. The molecule has 0 spiro atoms. The summed E-state index contributed by atoms with van der Waals surface area (Å²) in [5, 5.41) is 13.0. The SMILES string of the molecule is O/N=C1\CC/C=C\CCC1N1CCC2CCCCC2C1. The predicted octanol–water partition coefficient (Wildman–Crippen LogP) is 3.83. The number of hydrogen-bond acceptors (Lipinski definition) is 3. The maximum Gasteiger partial charge on any atom is 0.0745 e. The quantitative estimate of drug-likeness (QED) is 0.449. The number of hydrogen-bond donors (Lipinski definition) is 1. The number of likely N-dealkylation sites (tertiary alicyclic amines) is 1. The van der Waals surface area contributed by atoms with Gasteiger partial charge in [-0.1, -0.05) is 36.6 Å². The molecule has 0 amide bonds. The Bertz CT molecular complexity index is 377. The lowest BCUT2D eigenvalue weighted by molar-refractivity contribution is 0.0709. The third kappa shape index (κ3) is 3.08. The zero-order valence-corrected chi connectivity index (χ0v) is 12.5. The fourth-order valence-electron chi connectivity index (χ4n) is 4.48. The fourth-order valence-corrected chi connectivity index (χ4v) is 4.48. The first-order chi connectivity index (χ1) is 9.88. The van der Waals surface area contributed by atoms with Gasteiger partial charge in [0.1, 0.15) is 0 Å². The summed E-state index contributed by atoms with van der Waals surface area (Å²) in [5.41, 5.74) is 1.02. The van der Waals surface area contributed by atoms with Crippen molar-refractivity contribution in [1.82, 2.24) is 4.90 Å². The molecule has 1 aliphatic heterocycles. The third-order valence-electron chi connectivity index (χ3n) is 5.62. The number of fused-ring (bicyclic) bond motifs is 1. The molecule has 1 N–H and O–H groups in total. The predicted molar refractivity (Wildman–Crippen MR) is 82.3 cm³/mol. The molecule has 1 saturated heterocycles. The average Bonchev–Trinajstić information content (AvgIpc) is 2.47. The second-order valence-electron chi connectivity index (χ2n) is 6.78. The highest BCUT2D eigenvalue weighted by molar-refractivity contribution is 5.89. The Balaban J connectivity index is 1.68. The van der Waals surface area contributed by atoms with E-state index < -0.39 is 0 Å². The van der Waals surface area contributed by atoms with E-state index in [0.717, 1.165) is 43.2 Å². The molecule has 20 heavy (non-hydrogen) atoms. The Kier molecular flexibility index (Phi) is 4.77. The summed E-state index contributed by atoms with van der Waals surface area (Å²) in [4.78, 5) is 2.63.